The molecule has 30 heavy (non-hydrogen) atoms. The Morgan fingerprint density at radius 3 is 2.57 bits per heavy atom. The standard InChI is InChI=1S/C22H21Cl2FN2O3/c23-17-9-8-15(11-18(17)24)7-4-10-26-21(29)16-13-27(22(30)20(16)28)19(25)12-14-5-2-1-3-6-14/h1-3,5-6,8-9,11,19,28H,4,7,10,12-13H2,(H,26,29). The Hall–Kier alpha value is -2.57. The minimum atomic E-state index is -1.64. The van der Waals surface area contributed by atoms with E-state index in [-0.39, 0.29) is 18.5 Å². The van der Waals surface area contributed by atoms with Crippen molar-refractivity contribution in [2.24, 2.45) is 0 Å². The van der Waals surface area contributed by atoms with Gasteiger partial charge >= 0.3 is 0 Å². The summed E-state index contributed by atoms with van der Waals surface area (Å²) in [6, 6.07) is 14.2. The van der Waals surface area contributed by atoms with Crippen molar-refractivity contribution in [1.29, 1.82) is 0 Å². The monoisotopic (exact) mass is 450 g/mol. The zero-order valence-electron chi connectivity index (χ0n) is 16.1. The largest absolute Gasteiger partial charge is 0.503 e. The van der Waals surface area contributed by atoms with Crippen molar-refractivity contribution in [3.05, 3.63) is 81.0 Å². The Bertz CT molecular complexity index is 966. The molecule has 1 aliphatic rings. The molecule has 0 fully saturated rings. The van der Waals surface area contributed by atoms with Crippen LogP contribution < -0.4 is 5.32 Å². The van der Waals surface area contributed by atoms with E-state index in [1.54, 1.807) is 36.4 Å². The van der Waals surface area contributed by atoms with Gasteiger partial charge < -0.3 is 15.3 Å². The number of nitrogens with one attached hydrogen (secondary N) is 1. The maximum atomic E-state index is 14.6. The second-order valence-electron chi connectivity index (χ2n) is 6.99. The number of benzene rings is 2. The summed E-state index contributed by atoms with van der Waals surface area (Å²) in [6.07, 6.45) is -0.369. The van der Waals surface area contributed by atoms with E-state index >= 15 is 0 Å². The van der Waals surface area contributed by atoms with Crippen molar-refractivity contribution < 1.29 is 19.1 Å². The number of aryl methyl sites for hydroxylation is 1. The molecule has 0 saturated carbocycles. The van der Waals surface area contributed by atoms with Crippen LogP contribution in [0.4, 0.5) is 4.39 Å². The molecule has 0 aliphatic carbocycles. The predicted molar refractivity (Wildman–Crippen MR) is 114 cm³/mol. The predicted octanol–water partition coefficient (Wildman–Crippen LogP) is 4.23. The number of hydrogen-bond donors (Lipinski definition) is 2. The van der Waals surface area contributed by atoms with Crippen molar-refractivity contribution in [3.8, 4) is 0 Å². The molecule has 0 saturated heterocycles. The summed E-state index contributed by atoms with van der Waals surface area (Å²) in [4.78, 5) is 25.4. The fraction of sp³-hybridized carbons (Fsp3) is 0.273. The highest BCUT2D eigenvalue weighted by molar-refractivity contribution is 6.42. The van der Waals surface area contributed by atoms with Gasteiger partial charge in [-0.3, -0.25) is 9.59 Å². The summed E-state index contributed by atoms with van der Waals surface area (Å²) >= 11 is 11.9. The summed E-state index contributed by atoms with van der Waals surface area (Å²) in [7, 11) is 0. The first-order valence-electron chi connectivity index (χ1n) is 9.50. The molecule has 1 heterocycles. The highest BCUT2D eigenvalue weighted by Crippen LogP contribution is 2.24. The maximum absolute atomic E-state index is 14.6. The molecule has 1 aliphatic heterocycles. The molecule has 0 spiro atoms. The Morgan fingerprint density at radius 2 is 1.87 bits per heavy atom. The van der Waals surface area contributed by atoms with E-state index in [0.717, 1.165) is 16.0 Å². The molecular weight excluding hydrogens is 430 g/mol. The smallest absolute Gasteiger partial charge is 0.291 e. The van der Waals surface area contributed by atoms with Crippen LogP contribution in [0.1, 0.15) is 17.5 Å². The maximum Gasteiger partial charge on any atom is 0.291 e. The van der Waals surface area contributed by atoms with Gasteiger partial charge in [0.25, 0.3) is 11.8 Å². The van der Waals surface area contributed by atoms with E-state index in [0.29, 0.717) is 29.4 Å². The van der Waals surface area contributed by atoms with Gasteiger partial charge in [0.1, 0.15) is 0 Å². The van der Waals surface area contributed by atoms with Gasteiger partial charge in [-0.15, -0.1) is 0 Å². The fourth-order valence-electron chi connectivity index (χ4n) is 3.20. The topological polar surface area (TPSA) is 69.6 Å². The van der Waals surface area contributed by atoms with Crippen molar-refractivity contribution in [1.82, 2.24) is 10.2 Å². The van der Waals surface area contributed by atoms with Crippen LogP contribution in [0.2, 0.25) is 10.0 Å². The van der Waals surface area contributed by atoms with E-state index in [1.165, 1.54) is 0 Å². The Balaban J connectivity index is 1.50. The van der Waals surface area contributed by atoms with Crippen molar-refractivity contribution in [2.45, 2.75) is 25.6 Å². The van der Waals surface area contributed by atoms with Crippen LogP contribution in [0.25, 0.3) is 0 Å². The van der Waals surface area contributed by atoms with E-state index in [1.807, 2.05) is 12.1 Å². The molecule has 0 bridgehead atoms. The first kappa shape index (κ1) is 22.1. The lowest BCUT2D eigenvalue weighted by atomic mass is 10.1. The number of aliphatic hydroxyl groups is 1. The van der Waals surface area contributed by atoms with Crippen LogP contribution in [-0.4, -0.2) is 41.2 Å². The van der Waals surface area contributed by atoms with Crippen LogP contribution in [0.15, 0.2) is 59.9 Å². The summed E-state index contributed by atoms with van der Waals surface area (Å²) in [5.41, 5.74) is 1.58. The highest BCUT2D eigenvalue weighted by atomic mass is 35.5. The summed E-state index contributed by atoms with van der Waals surface area (Å²) in [6.45, 7) is 0.0599. The van der Waals surface area contributed by atoms with Crippen LogP contribution >= 0.6 is 23.2 Å². The Kier molecular flexibility index (Phi) is 7.34. The van der Waals surface area contributed by atoms with Crippen LogP contribution in [-0.2, 0) is 22.4 Å². The normalized spacial score (nSPS) is 14.9. The lowest BCUT2D eigenvalue weighted by Crippen LogP contribution is -2.37. The molecule has 158 valence electrons. The van der Waals surface area contributed by atoms with Gasteiger partial charge in [-0.05, 0) is 36.1 Å². The third-order valence-electron chi connectivity index (χ3n) is 4.85. The molecule has 2 aromatic carbocycles. The SMILES string of the molecule is O=C(NCCCc1ccc(Cl)c(Cl)c1)C1=C(O)C(=O)N(C(F)Cc2ccccc2)C1. The van der Waals surface area contributed by atoms with Gasteiger partial charge in [-0.1, -0.05) is 59.6 Å². The molecule has 1 atom stereocenters. The minimum Gasteiger partial charge on any atom is -0.503 e. The molecule has 5 nitrogen and oxygen atoms in total. The second kappa shape index (κ2) is 9.96. The number of halogens is 3. The first-order valence-corrected chi connectivity index (χ1v) is 10.3. The van der Waals surface area contributed by atoms with Gasteiger partial charge in [-0.25, -0.2) is 4.39 Å². The van der Waals surface area contributed by atoms with Crippen molar-refractivity contribution >= 4 is 35.0 Å². The third kappa shape index (κ3) is 5.32. The number of carbonyl (C=O) groups is 2. The molecule has 2 amide bonds. The van der Waals surface area contributed by atoms with Gasteiger partial charge in [0.15, 0.2) is 12.1 Å². The number of rotatable bonds is 8. The molecule has 8 heteroatoms. The van der Waals surface area contributed by atoms with Gasteiger partial charge in [-0.2, -0.15) is 0 Å². The van der Waals surface area contributed by atoms with Crippen LogP contribution in [0.5, 0.6) is 0 Å². The average Bonchev–Trinajstić information content (AvgIpc) is 3.03. The molecule has 0 aromatic heterocycles. The quantitative estimate of drug-likeness (QED) is 0.466. The second-order valence-corrected chi connectivity index (χ2v) is 7.81. The number of aliphatic hydroxyl groups excluding tert-OH is 1. The first-order chi connectivity index (χ1) is 14.4. The minimum absolute atomic E-state index is 0.0155. The zero-order chi connectivity index (χ0) is 21.7. The zero-order valence-corrected chi connectivity index (χ0v) is 17.6. The number of hydrogen-bond acceptors (Lipinski definition) is 3. The lowest BCUT2D eigenvalue weighted by molar-refractivity contribution is -0.133. The molecule has 2 aromatic rings. The number of alkyl halides is 1. The number of nitrogens with zero attached hydrogens (tertiary/aromatic N) is 1. The van der Waals surface area contributed by atoms with Crippen molar-refractivity contribution in [2.75, 3.05) is 13.1 Å². The Labute approximate surface area is 184 Å². The summed E-state index contributed by atoms with van der Waals surface area (Å²) in [5, 5.41) is 13.6. The van der Waals surface area contributed by atoms with E-state index in [4.69, 9.17) is 23.2 Å². The van der Waals surface area contributed by atoms with E-state index in [9.17, 15) is 19.1 Å². The molecule has 1 unspecified atom stereocenters. The van der Waals surface area contributed by atoms with Gasteiger partial charge in [0.2, 0.25) is 0 Å². The fourth-order valence-corrected chi connectivity index (χ4v) is 3.52. The number of carbonyl (C=O) groups excluding carboxylic acids is 2. The van der Waals surface area contributed by atoms with Gasteiger partial charge in [0, 0.05) is 13.0 Å². The molecule has 3 rings (SSSR count). The van der Waals surface area contributed by atoms with Gasteiger partial charge in [0.05, 0.1) is 22.2 Å². The lowest BCUT2D eigenvalue weighted by Gasteiger charge is -2.21. The Morgan fingerprint density at radius 1 is 1.13 bits per heavy atom. The van der Waals surface area contributed by atoms with E-state index < -0.39 is 23.9 Å². The summed E-state index contributed by atoms with van der Waals surface area (Å²) < 4.78 is 14.6. The van der Waals surface area contributed by atoms with Crippen LogP contribution in [0.3, 0.4) is 0 Å². The van der Waals surface area contributed by atoms with E-state index in [2.05, 4.69) is 5.32 Å². The number of amides is 2. The average molecular weight is 451 g/mol. The molecule has 2 N–H and O–H groups in total. The molecular formula is C22H21Cl2FN2O3. The van der Waals surface area contributed by atoms with Crippen LogP contribution in [0, 0.1) is 0 Å². The highest BCUT2D eigenvalue weighted by Gasteiger charge is 2.37. The third-order valence-corrected chi connectivity index (χ3v) is 5.59. The van der Waals surface area contributed by atoms with Crippen molar-refractivity contribution in [3.63, 3.8) is 0 Å². The summed E-state index contributed by atoms with van der Waals surface area (Å²) in [5.74, 6) is -2.16. The molecule has 0 radical (unpaired) electrons.